The molecule has 0 saturated carbocycles. The maximum atomic E-state index is 15.4. The molecule has 0 aliphatic heterocycles. The number of carbonyl (C=O) groups is 2. The molecule has 0 radical (unpaired) electrons. The number of halogens is 20. The fourth-order valence-corrected chi connectivity index (χ4v) is 6.71. The highest BCUT2D eigenvalue weighted by molar-refractivity contribution is 7.20. The van der Waals surface area contributed by atoms with Crippen LogP contribution < -0.4 is 26.4 Å². The predicted molar refractivity (Wildman–Crippen MR) is 185 cm³/mol. The molecule has 6 rings (SSSR count). The van der Waals surface area contributed by atoms with Gasteiger partial charge in [-0.3, -0.25) is 9.78 Å². The van der Waals surface area contributed by atoms with Gasteiger partial charge in [0.1, 0.15) is 58.9 Å². The lowest BCUT2D eigenvalue weighted by molar-refractivity contribution is -0.686. The van der Waals surface area contributed by atoms with Gasteiger partial charge in [0.2, 0.25) is 12.3 Å². The van der Waals surface area contributed by atoms with Gasteiger partial charge in [-0.2, -0.15) is 4.57 Å². The molecule has 0 unspecified atom stereocenters. The van der Waals surface area contributed by atoms with E-state index in [0.29, 0.717) is 12.2 Å². The molecule has 1 heterocycles. The lowest BCUT2D eigenvalue weighted by atomic mass is 9.12. The van der Waals surface area contributed by atoms with E-state index in [1.54, 1.807) is 35.0 Å². The van der Waals surface area contributed by atoms with Crippen LogP contribution in [-0.4, -0.2) is 29.5 Å². The topological polar surface area (TPSA) is 60.1 Å². The van der Waals surface area contributed by atoms with Gasteiger partial charge in [-0.1, -0.05) is 37.3 Å². The van der Waals surface area contributed by atoms with E-state index in [2.05, 4.69) is 4.98 Å². The van der Waals surface area contributed by atoms with E-state index >= 15 is 35.1 Å². The van der Waals surface area contributed by atoms with Crippen molar-refractivity contribution in [1.82, 2.24) is 4.98 Å². The molecule has 0 saturated heterocycles. The minimum Gasteiger partial charge on any atom is -0.458 e. The van der Waals surface area contributed by atoms with Gasteiger partial charge in [-0.05, 0) is 6.42 Å². The van der Waals surface area contributed by atoms with E-state index in [-0.39, 0.29) is 18.0 Å². The fourth-order valence-electron chi connectivity index (χ4n) is 6.71. The average Bonchev–Trinajstić information content (AvgIpc) is 3.31. The van der Waals surface area contributed by atoms with Crippen molar-refractivity contribution in [2.24, 2.45) is 0 Å². The Kier molecular flexibility index (Phi) is 14.6. The second kappa shape index (κ2) is 19.2. The maximum Gasteiger partial charge on any atom is 0.405 e. The smallest absolute Gasteiger partial charge is 0.405 e. The minimum absolute atomic E-state index is 0.0725. The Morgan fingerprint density at radius 1 is 0.485 bits per heavy atom. The van der Waals surface area contributed by atoms with Crippen LogP contribution in [0.4, 0.5) is 87.8 Å². The standard InChI is InChI=1S/C24BF20.C16H17N2O3/c26-5-1(6(27)14(35)21(42)13(5)34)25(2-7(28)15(36)22(43)16(37)8(2)29,3-9(30)17(38)23(44)18(39)10(3)31)4-11(32)19(40)24(45)20(41)12(4)33;1-2-10-21-16(20)14-11-17-8-9-18(14)12-15(19)13-6-4-3-5-7-13/h;3-9,11H,2,10,12H2,1H3/q-1;+1. The number of aromatic nitrogens is 2. The van der Waals surface area contributed by atoms with Crippen LogP contribution in [0, 0.1) is 116 Å². The summed E-state index contributed by atoms with van der Waals surface area (Å²) >= 11 is 0. The van der Waals surface area contributed by atoms with E-state index in [9.17, 15) is 62.3 Å². The Morgan fingerprint density at radius 3 is 1.09 bits per heavy atom. The van der Waals surface area contributed by atoms with Crippen LogP contribution in [-0.2, 0) is 11.3 Å². The molecule has 0 aliphatic carbocycles. The molecule has 0 spiro atoms. The number of ether oxygens (including phenoxy) is 1. The van der Waals surface area contributed by atoms with Crippen molar-refractivity contribution < 1.29 is 107 Å². The molecule has 0 bridgehead atoms. The minimum atomic E-state index is -7.22. The summed E-state index contributed by atoms with van der Waals surface area (Å²) in [5, 5.41) is 0. The summed E-state index contributed by atoms with van der Waals surface area (Å²) in [4.78, 5) is 28.1. The lowest BCUT2D eigenvalue weighted by Crippen LogP contribution is -2.81. The fraction of sp³-hybridized carbons (Fsp3) is 0.100. The van der Waals surface area contributed by atoms with Gasteiger partial charge in [-0.15, -0.1) is 21.9 Å². The van der Waals surface area contributed by atoms with Gasteiger partial charge in [0, 0.05) is 5.56 Å². The number of benzene rings is 5. The summed E-state index contributed by atoms with van der Waals surface area (Å²) in [5.74, 6) is -71.9. The second-order valence-corrected chi connectivity index (χ2v) is 13.3. The van der Waals surface area contributed by atoms with Crippen molar-refractivity contribution in [2.75, 3.05) is 6.61 Å². The van der Waals surface area contributed by atoms with Gasteiger partial charge >= 0.3 is 11.7 Å². The highest BCUT2D eigenvalue weighted by Crippen LogP contribution is 2.30. The Morgan fingerprint density at radius 2 is 0.788 bits per heavy atom. The SMILES string of the molecule is CCCOC(=O)c1cncc[n+]1CC(=O)c1ccccc1.Fc1c(F)c(F)c([B-](c2c(F)c(F)c(F)c(F)c2F)(c2c(F)c(F)c(F)c(F)c2F)c2c(F)c(F)c(F)c(F)c2F)c(F)c1F. The van der Waals surface area contributed by atoms with Crippen LogP contribution in [0.3, 0.4) is 0 Å². The van der Waals surface area contributed by atoms with Crippen LogP contribution in [0.25, 0.3) is 0 Å². The van der Waals surface area contributed by atoms with Crippen molar-refractivity contribution >= 4 is 39.7 Å². The molecule has 0 N–H and O–H groups in total. The average molecular weight is 964 g/mol. The molecule has 0 amide bonds. The van der Waals surface area contributed by atoms with E-state index in [4.69, 9.17) is 4.74 Å². The number of nitrogens with zero attached hydrogens (tertiary/aromatic N) is 2. The zero-order valence-corrected chi connectivity index (χ0v) is 32.0. The zero-order valence-electron chi connectivity index (χ0n) is 32.0. The summed E-state index contributed by atoms with van der Waals surface area (Å²) in [5.41, 5.74) is -13.4. The van der Waals surface area contributed by atoms with Gasteiger partial charge in [0.05, 0.1) is 12.8 Å². The Hall–Kier alpha value is -7.02. The lowest BCUT2D eigenvalue weighted by Gasteiger charge is -2.44. The van der Waals surface area contributed by atoms with E-state index in [1.807, 2.05) is 13.0 Å². The van der Waals surface area contributed by atoms with Crippen LogP contribution in [0.15, 0.2) is 48.9 Å². The molecule has 0 fully saturated rings. The highest BCUT2D eigenvalue weighted by Gasteiger charge is 2.52. The monoisotopic (exact) mass is 964 g/mol. The van der Waals surface area contributed by atoms with E-state index < -0.39 is 150 Å². The number of hydrogen-bond donors (Lipinski definition) is 0. The third-order valence-corrected chi connectivity index (χ3v) is 9.60. The van der Waals surface area contributed by atoms with E-state index in [0.717, 1.165) is 6.42 Å². The first-order chi connectivity index (χ1) is 30.9. The van der Waals surface area contributed by atoms with Crippen LogP contribution in [0.2, 0.25) is 0 Å². The van der Waals surface area contributed by atoms with Gasteiger partial charge in [0.15, 0.2) is 76.0 Å². The second-order valence-electron chi connectivity index (χ2n) is 13.3. The highest BCUT2D eigenvalue weighted by atomic mass is 19.2. The quantitative estimate of drug-likeness (QED) is 0.0269. The summed E-state index contributed by atoms with van der Waals surface area (Å²) in [6, 6.07) is 8.96. The maximum absolute atomic E-state index is 15.4. The first-order valence-corrected chi connectivity index (χ1v) is 17.7. The largest absolute Gasteiger partial charge is 0.458 e. The zero-order chi connectivity index (χ0) is 49.4. The predicted octanol–water partition coefficient (Wildman–Crippen LogP) is 7.66. The molecule has 5 nitrogen and oxygen atoms in total. The molecule has 0 atom stereocenters. The molecule has 6 aromatic rings. The normalized spacial score (nSPS) is 11.4. The summed E-state index contributed by atoms with van der Waals surface area (Å²) in [7, 11) is 0. The van der Waals surface area contributed by atoms with Crippen molar-refractivity contribution in [3.8, 4) is 0 Å². The molecule has 5 aromatic carbocycles. The summed E-state index contributed by atoms with van der Waals surface area (Å²) in [6.07, 6.45) is -1.92. The third kappa shape index (κ3) is 8.16. The van der Waals surface area contributed by atoms with Gasteiger partial charge < -0.3 is 4.74 Å². The number of hydrogen-bond acceptors (Lipinski definition) is 4. The van der Waals surface area contributed by atoms with Crippen molar-refractivity contribution in [2.45, 2.75) is 19.9 Å². The molecule has 1 aromatic heterocycles. The molecule has 66 heavy (non-hydrogen) atoms. The van der Waals surface area contributed by atoms with Gasteiger partial charge in [0.25, 0.3) is 0 Å². The van der Waals surface area contributed by atoms with Crippen molar-refractivity contribution in [1.29, 1.82) is 0 Å². The van der Waals surface area contributed by atoms with E-state index in [1.165, 1.54) is 12.4 Å². The van der Waals surface area contributed by atoms with Crippen LogP contribution in [0.1, 0.15) is 34.2 Å². The number of esters is 1. The third-order valence-electron chi connectivity index (χ3n) is 9.60. The Balaban J connectivity index is 0.000000324. The number of ketones is 1. The van der Waals surface area contributed by atoms with Crippen LogP contribution >= 0.6 is 0 Å². The molecule has 26 heteroatoms. The van der Waals surface area contributed by atoms with Gasteiger partial charge in [-0.25, -0.2) is 92.6 Å². The first-order valence-electron chi connectivity index (χ1n) is 17.7. The Bertz CT molecular complexity index is 2560. The first kappa shape index (κ1) is 50.0. The molecule has 348 valence electrons. The van der Waals surface area contributed by atoms with Crippen LogP contribution in [0.5, 0.6) is 0 Å². The molecular weight excluding hydrogens is 947 g/mol. The summed E-state index contributed by atoms with van der Waals surface area (Å²) < 4.78 is 301. The van der Waals surface area contributed by atoms with Crippen molar-refractivity contribution in [3.63, 3.8) is 0 Å². The number of Topliss-reactive ketones (excluding diaryl/α,β-unsaturated/α-hetero) is 1. The number of carbonyl (C=O) groups excluding carboxylic acids is 2. The summed E-state index contributed by atoms with van der Waals surface area (Å²) in [6.45, 7) is 2.34. The van der Waals surface area contributed by atoms with Crippen molar-refractivity contribution in [3.05, 3.63) is 177 Å². The number of rotatable bonds is 10. The molecule has 0 aliphatic rings. The molecular formula is C40H17BF20N2O3. The Labute approximate surface area is 354 Å².